The van der Waals surface area contributed by atoms with E-state index < -0.39 is 23.6 Å². The monoisotopic (exact) mass is 360 g/mol. The number of rotatable bonds is 9. The van der Waals surface area contributed by atoms with Crippen molar-refractivity contribution in [2.75, 3.05) is 23.3 Å². The smallest absolute Gasteiger partial charge is 0.416 e. The molecule has 1 rings (SSSR count). The van der Waals surface area contributed by atoms with Crippen molar-refractivity contribution >= 4 is 23.3 Å². The average molecular weight is 360 g/mol. The van der Waals surface area contributed by atoms with E-state index in [0.29, 0.717) is 18.8 Å². The molecule has 0 aromatic heterocycles. The Morgan fingerprint density at radius 1 is 1.12 bits per heavy atom. The zero-order valence-electron chi connectivity index (χ0n) is 14.3. The molecule has 2 N–H and O–H groups in total. The number of amides is 1. The quantitative estimate of drug-likeness (QED) is 0.695. The van der Waals surface area contributed by atoms with Crippen LogP contribution in [0.4, 0.5) is 24.5 Å². The first kappa shape index (κ1) is 20.8. The third-order valence-electron chi connectivity index (χ3n) is 3.49. The van der Waals surface area contributed by atoms with Gasteiger partial charge in [0.15, 0.2) is 0 Å². The summed E-state index contributed by atoms with van der Waals surface area (Å²) in [6.45, 7) is 5.18. The zero-order chi connectivity index (χ0) is 19.0. The summed E-state index contributed by atoms with van der Waals surface area (Å²) in [5, 5.41) is 11.1. The lowest BCUT2D eigenvalue weighted by atomic mass is 10.1. The van der Waals surface area contributed by atoms with Crippen molar-refractivity contribution in [1.82, 2.24) is 0 Å². The SMILES string of the molecule is CCCN(CCC)c1ccc(C(F)(F)F)cc1NC(=O)CCC(=O)O. The van der Waals surface area contributed by atoms with E-state index in [1.165, 1.54) is 6.07 Å². The molecule has 0 fully saturated rings. The highest BCUT2D eigenvalue weighted by atomic mass is 19.4. The second kappa shape index (κ2) is 9.29. The van der Waals surface area contributed by atoms with Gasteiger partial charge in [-0.25, -0.2) is 0 Å². The summed E-state index contributed by atoms with van der Waals surface area (Å²) in [5.74, 6) is -1.77. The van der Waals surface area contributed by atoms with Crippen LogP contribution in [0, 0.1) is 0 Å². The maximum atomic E-state index is 13.0. The van der Waals surface area contributed by atoms with Crippen LogP contribution < -0.4 is 10.2 Å². The van der Waals surface area contributed by atoms with Crippen molar-refractivity contribution in [1.29, 1.82) is 0 Å². The number of carbonyl (C=O) groups excluding carboxylic acids is 1. The number of benzene rings is 1. The topological polar surface area (TPSA) is 69.6 Å². The maximum Gasteiger partial charge on any atom is 0.416 e. The lowest BCUT2D eigenvalue weighted by Gasteiger charge is -2.27. The summed E-state index contributed by atoms with van der Waals surface area (Å²) in [7, 11) is 0. The van der Waals surface area contributed by atoms with Crippen LogP contribution in [-0.4, -0.2) is 30.1 Å². The number of carboxylic acid groups (broad SMARTS) is 1. The number of carboxylic acids is 1. The number of aliphatic carboxylic acids is 1. The van der Waals surface area contributed by atoms with E-state index in [-0.39, 0.29) is 18.5 Å². The molecule has 1 aromatic carbocycles. The Morgan fingerprint density at radius 2 is 1.72 bits per heavy atom. The third-order valence-corrected chi connectivity index (χ3v) is 3.49. The van der Waals surface area contributed by atoms with Crippen LogP contribution in [0.1, 0.15) is 45.1 Å². The van der Waals surface area contributed by atoms with E-state index in [0.717, 1.165) is 25.0 Å². The Hall–Kier alpha value is -2.25. The molecule has 25 heavy (non-hydrogen) atoms. The molecule has 5 nitrogen and oxygen atoms in total. The van der Waals surface area contributed by atoms with E-state index in [9.17, 15) is 22.8 Å². The van der Waals surface area contributed by atoms with E-state index in [2.05, 4.69) is 5.32 Å². The van der Waals surface area contributed by atoms with Crippen molar-refractivity contribution < 1.29 is 27.9 Å². The van der Waals surface area contributed by atoms with Gasteiger partial charge in [-0.05, 0) is 31.0 Å². The molecule has 0 aliphatic heterocycles. The molecule has 0 bridgehead atoms. The van der Waals surface area contributed by atoms with Crippen LogP contribution in [0.5, 0.6) is 0 Å². The Morgan fingerprint density at radius 3 is 2.20 bits per heavy atom. The minimum absolute atomic E-state index is 0.0483. The van der Waals surface area contributed by atoms with Crippen LogP contribution in [-0.2, 0) is 15.8 Å². The Bertz CT molecular complexity index is 597. The predicted octanol–water partition coefficient (Wildman–Crippen LogP) is 4.14. The standard InChI is InChI=1S/C17H23F3N2O3/c1-3-9-22(10-4-2)14-6-5-12(17(18,19)20)11-13(14)21-15(23)7-8-16(24)25/h5-6,11H,3-4,7-10H2,1-2H3,(H,21,23)(H,24,25). The molecule has 0 heterocycles. The second-order valence-corrected chi connectivity index (χ2v) is 5.66. The van der Waals surface area contributed by atoms with Gasteiger partial charge in [-0.2, -0.15) is 13.2 Å². The van der Waals surface area contributed by atoms with Gasteiger partial charge >= 0.3 is 12.1 Å². The van der Waals surface area contributed by atoms with Gasteiger partial charge in [-0.3, -0.25) is 9.59 Å². The highest BCUT2D eigenvalue weighted by Crippen LogP contribution is 2.35. The van der Waals surface area contributed by atoms with Gasteiger partial charge in [0.05, 0.1) is 23.4 Å². The highest BCUT2D eigenvalue weighted by Gasteiger charge is 2.31. The first-order valence-electron chi connectivity index (χ1n) is 8.16. The number of alkyl halides is 3. The fourth-order valence-electron chi connectivity index (χ4n) is 2.41. The molecule has 0 saturated heterocycles. The molecule has 0 spiro atoms. The Balaban J connectivity index is 3.17. The minimum atomic E-state index is -4.53. The number of carbonyl (C=O) groups is 2. The fourth-order valence-corrected chi connectivity index (χ4v) is 2.41. The molecule has 1 aromatic rings. The van der Waals surface area contributed by atoms with Crippen molar-refractivity contribution in [2.45, 2.75) is 45.7 Å². The van der Waals surface area contributed by atoms with Crippen LogP contribution in [0.25, 0.3) is 0 Å². The first-order chi connectivity index (χ1) is 11.7. The van der Waals surface area contributed by atoms with E-state index in [1.54, 1.807) is 0 Å². The number of nitrogens with one attached hydrogen (secondary N) is 1. The molecular formula is C17H23F3N2O3. The molecule has 1 amide bonds. The molecule has 0 aliphatic carbocycles. The largest absolute Gasteiger partial charge is 0.481 e. The van der Waals surface area contributed by atoms with Crippen molar-refractivity contribution in [3.8, 4) is 0 Å². The van der Waals surface area contributed by atoms with Gasteiger partial charge in [0.25, 0.3) is 0 Å². The van der Waals surface area contributed by atoms with Crippen molar-refractivity contribution in [3.05, 3.63) is 23.8 Å². The first-order valence-corrected chi connectivity index (χ1v) is 8.16. The number of hydrogen-bond donors (Lipinski definition) is 2. The Labute approximate surface area is 144 Å². The minimum Gasteiger partial charge on any atom is -0.481 e. The van der Waals surface area contributed by atoms with Gasteiger partial charge in [0.2, 0.25) is 5.91 Å². The van der Waals surface area contributed by atoms with Gasteiger partial charge in [0, 0.05) is 19.5 Å². The maximum absolute atomic E-state index is 13.0. The fraction of sp³-hybridized carbons (Fsp3) is 0.529. The molecule has 0 atom stereocenters. The van der Waals surface area contributed by atoms with Crippen molar-refractivity contribution in [3.63, 3.8) is 0 Å². The normalized spacial score (nSPS) is 11.2. The zero-order valence-corrected chi connectivity index (χ0v) is 14.3. The summed E-state index contributed by atoms with van der Waals surface area (Å²) < 4.78 is 39.0. The third kappa shape index (κ3) is 6.64. The summed E-state index contributed by atoms with van der Waals surface area (Å²) >= 11 is 0. The second-order valence-electron chi connectivity index (χ2n) is 5.66. The molecule has 0 unspecified atom stereocenters. The number of anilines is 2. The average Bonchev–Trinajstić information content (AvgIpc) is 2.52. The van der Waals surface area contributed by atoms with Crippen LogP contribution in [0.3, 0.4) is 0 Å². The van der Waals surface area contributed by atoms with E-state index >= 15 is 0 Å². The Kier molecular flexibility index (Phi) is 7.73. The number of hydrogen-bond acceptors (Lipinski definition) is 3. The summed E-state index contributed by atoms with van der Waals surface area (Å²) in [5.41, 5.74) is -0.315. The lowest BCUT2D eigenvalue weighted by molar-refractivity contribution is -0.138. The summed E-state index contributed by atoms with van der Waals surface area (Å²) in [4.78, 5) is 24.4. The molecular weight excluding hydrogens is 337 g/mol. The van der Waals surface area contributed by atoms with E-state index in [1.807, 2.05) is 18.7 Å². The molecule has 8 heteroatoms. The summed E-state index contributed by atoms with van der Waals surface area (Å²) in [6, 6.07) is 3.23. The van der Waals surface area contributed by atoms with E-state index in [4.69, 9.17) is 5.11 Å². The van der Waals surface area contributed by atoms with Gasteiger partial charge in [-0.1, -0.05) is 13.8 Å². The summed E-state index contributed by atoms with van der Waals surface area (Å²) in [6.07, 6.45) is -3.61. The predicted molar refractivity (Wildman–Crippen MR) is 89.7 cm³/mol. The highest BCUT2D eigenvalue weighted by molar-refractivity contribution is 5.95. The van der Waals surface area contributed by atoms with Crippen LogP contribution in [0.2, 0.25) is 0 Å². The molecule has 140 valence electrons. The van der Waals surface area contributed by atoms with Crippen LogP contribution in [0.15, 0.2) is 18.2 Å². The van der Waals surface area contributed by atoms with Crippen LogP contribution >= 0.6 is 0 Å². The molecule has 0 saturated carbocycles. The van der Waals surface area contributed by atoms with Crippen molar-refractivity contribution in [2.24, 2.45) is 0 Å². The molecule has 0 aliphatic rings. The van der Waals surface area contributed by atoms with Gasteiger partial charge < -0.3 is 15.3 Å². The molecule has 0 radical (unpaired) electrons. The van der Waals surface area contributed by atoms with Gasteiger partial charge in [-0.15, -0.1) is 0 Å². The lowest BCUT2D eigenvalue weighted by Crippen LogP contribution is -2.27. The number of halogens is 3. The number of nitrogens with zero attached hydrogens (tertiary/aromatic N) is 1. The van der Waals surface area contributed by atoms with Gasteiger partial charge in [0.1, 0.15) is 0 Å².